The normalized spacial score (nSPS) is 12.6. The van der Waals surface area contributed by atoms with Crippen LogP contribution in [0, 0.1) is 5.92 Å². The number of hydrogen-bond acceptors (Lipinski definition) is 4. The highest BCUT2D eigenvalue weighted by Crippen LogP contribution is 2.28. The van der Waals surface area contributed by atoms with Crippen molar-refractivity contribution >= 4 is 18.3 Å². The molecule has 1 amide bonds. The summed E-state index contributed by atoms with van der Waals surface area (Å²) in [7, 11) is 1.61. The van der Waals surface area contributed by atoms with E-state index in [0.29, 0.717) is 30.6 Å². The molecule has 2 rings (SSSR count). The van der Waals surface area contributed by atoms with Crippen molar-refractivity contribution in [3.05, 3.63) is 59.7 Å². The van der Waals surface area contributed by atoms with Gasteiger partial charge in [0.2, 0.25) is 5.91 Å². The van der Waals surface area contributed by atoms with Crippen molar-refractivity contribution in [2.24, 2.45) is 11.7 Å². The van der Waals surface area contributed by atoms with Crippen LogP contribution in [0.4, 0.5) is 0 Å². The zero-order valence-corrected chi connectivity index (χ0v) is 17.8. The second-order valence-corrected chi connectivity index (χ2v) is 7.27. The fraction of sp³-hybridized carbons (Fsp3) is 0.409. The summed E-state index contributed by atoms with van der Waals surface area (Å²) in [6.07, 6.45) is 0.982. The Kier molecular flexibility index (Phi) is 9.29. The maximum Gasteiger partial charge on any atom is 0.244 e. The monoisotopic (exact) mass is 406 g/mol. The highest BCUT2D eigenvalue weighted by atomic mass is 35.5. The van der Waals surface area contributed by atoms with Crippen LogP contribution in [0.15, 0.2) is 48.5 Å². The SMILES string of the molecule is COc1cc(CNC(=O)C(C)(N)c2ccccc2)ccc1OCCC(C)C.Cl. The van der Waals surface area contributed by atoms with E-state index in [4.69, 9.17) is 15.2 Å². The van der Waals surface area contributed by atoms with Gasteiger partial charge < -0.3 is 20.5 Å². The first-order valence-corrected chi connectivity index (χ1v) is 9.27. The van der Waals surface area contributed by atoms with Crippen molar-refractivity contribution in [3.8, 4) is 11.5 Å². The third-order valence-corrected chi connectivity index (χ3v) is 4.48. The van der Waals surface area contributed by atoms with Crippen LogP contribution in [-0.4, -0.2) is 19.6 Å². The molecule has 5 nitrogen and oxygen atoms in total. The van der Waals surface area contributed by atoms with Gasteiger partial charge >= 0.3 is 0 Å². The summed E-state index contributed by atoms with van der Waals surface area (Å²) in [6.45, 7) is 7.04. The van der Waals surface area contributed by atoms with E-state index < -0.39 is 5.54 Å². The number of nitrogens with two attached hydrogens (primary N) is 1. The van der Waals surface area contributed by atoms with Crippen LogP contribution in [-0.2, 0) is 16.9 Å². The van der Waals surface area contributed by atoms with E-state index in [2.05, 4.69) is 19.2 Å². The average Bonchev–Trinajstić information content (AvgIpc) is 2.67. The molecule has 0 radical (unpaired) electrons. The topological polar surface area (TPSA) is 73.6 Å². The molecular formula is C22H31ClN2O3. The minimum Gasteiger partial charge on any atom is -0.493 e. The number of methoxy groups -OCH3 is 1. The third kappa shape index (κ3) is 6.43. The largest absolute Gasteiger partial charge is 0.493 e. The molecule has 0 spiro atoms. The number of benzene rings is 2. The molecule has 0 aliphatic rings. The molecule has 0 fully saturated rings. The van der Waals surface area contributed by atoms with Crippen LogP contribution < -0.4 is 20.5 Å². The second kappa shape index (κ2) is 10.9. The van der Waals surface area contributed by atoms with Gasteiger partial charge in [-0.2, -0.15) is 0 Å². The lowest BCUT2D eigenvalue weighted by Crippen LogP contribution is -2.48. The van der Waals surface area contributed by atoms with Gasteiger partial charge in [0.05, 0.1) is 13.7 Å². The molecule has 0 aliphatic heterocycles. The third-order valence-electron chi connectivity index (χ3n) is 4.48. The van der Waals surface area contributed by atoms with Crippen molar-refractivity contribution < 1.29 is 14.3 Å². The first-order valence-electron chi connectivity index (χ1n) is 9.27. The predicted molar refractivity (Wildman–Crippen MR) is 115 cm³/mol. The average molecular weight is 407 g/mol. The van der Waals surface area contributed by atoms with Crippen molar-refractivity contribution in [2.45, 2.75) is 39.3 Å². The molecule has 1 atom stereocenters. The number of hydrogen-bond donors (Lipinski definition) is 2. The second-order valence-electron chi connectivity index (χ2n) is 7.27. The summed E-state index contributed by atoms with van der Waals surface area (Å²) < 4.78 is 11.2. The molecule has 0 aliphatic carbocycles. The molecule has 28 heavy (non-hydrogen) atoms. The molecule has 0 saturated heterocycles. The molecule has 3 N–H and O–H groups in total. The van der Waals surface area contributed by atoms with Crippen molar-refractivity contribution in [1.82, 2.24) is 5.32 Å². The zero-order valence-electron chi connectivity index (χ0n) is 17.0. The van der Waals surface area contributed by atoms with E-state index in [9.17, 15) is 4.79 Å². The van der Waals surface area contributed by atoms with E-state index in [1.807, 2.05) is 48.5 Å². The molecular weight excluding hydrogens is 376 g/mol. The highest BCUT2D eigenvalue weighted by Gasteiger charge is 2.30. The minimum absolute atomic E-state index is 0. The van der Waals surface area contributed by atoms with Crippen molar-refractivity contribution in [2.75, 3.05) is 13.7 Å². The number of carbonyl (C=O) groups excluding carboxylic acids is 1. The van der Waals surface area contributed by atoms with Gasteiger partial charge in [-0.1, -0.05) is 50.2 Å². The molecule has 0 heterocycles. The Morgan fingerprint density at radius 1 is 1.14 bits per heavy atom. The molecule has 6 heteroatoms. The molecule has 0 bridgehead atoms. The Balaban J connectivity index is 0.00000392. The fourth-order valence-electron chi connectivity index (χ4n) is 2.63. The van der Waals surface area contributed by atoms with E-state index in [1.54, 1.807) is 14.0 Å². The molecule has 0 saturated carbocycles. The van der Waals surface area contributed by atoms with Gasteiger partial charge in [0.25, 0.3) is 0 Å². The Morgan fingerprint density at radius 3 is 2.43 bits per heavy atom. The van der Waals surface area contributed by atoms with Crippen LogP contribution >= 0.6 is 12.4 Å². The highest BCUT2D eigenvalue weighted by molar-refractivity contribution is 5.87. The molecule has 2 aromatic rings. The first kappa shape index (κ1) is 23.8. The Morgan fingerprint density at radius 2 is 1.82 bits per heavy atom. The summed E-state index contributed by atoms with van der Waals surface area (Å²) in [6, 6.07) is 15.0. The lowest BCUT2D eigenvalue weighted by Gasteiger charge is -2.24. The van der Waals surface area contributed by atoms with Crippen LogP contribution in [0.1, 0.15) is 38.3 Å². The number of amides is 1. The van der Waals surface area contributed by atoms with E-state index in [-0.39, 0.29) is 18.3 Å². The number of carbonyl (C=O) groups is 1. The lowest BCUT2D eigenvalue weighted by molar-refractivity contribution is -0.126. The van der Waals surface area contributed by atoms with Gasteiger partial charge in [0.1, 0.15) is 5.54 Å². The molecule has 1 unspecified atom stereocenters. The van der Waals surface area contributed by atoms with E-state index in [0.717, 1.165) is 17.5 Å². The fourth-order valence-corrected chi connectivity index (χ4v) is 2.63. The lowest BCUT2D eigenvalue weighted by atomic mass is 9.92. The first-order chi connectivity index (χ1) is 12.8. The molecule has 154 valence electrons. The molecule has 0 aromatic heterocycles. The maximum absolute atomic E-state index is 12.6. The van der Waals surface area contributed by atoms with Gasteiger partial charge in [-0.15, -0.1) is 12.4 Å². The maximum atomic E-state index is 12.6. The van der Waals surface area contributed by atoms with Crippen LogP contribution in [0.5, 0.6) is 11.5 Å². The zero-order chi connectivity index (χ0) is 19.9. The summed E-state index contributed by atoms with van der Waals surface area (Å²) >= 11 is 0. The van der Waals surface area contributed by atoms with E-state index >= 15 is 0 Å². The Hall–Kier alpha value is -2.24. The summed E-state index contributed by atoms with van der Waals surface area (Å²) in [5.41, 5.74) is 6.85. The quantitative estimate of drug-likeness (QED) is 0.659. The molecule has 2 aromatic carbocycles. The Labute approximate surface area is 174 Å². The summed E-state index contributed by atoms with van der Waals surface area (Å²) in [4.78, 5) is 12.6. The van der Waals surface area contributed by atoms with Gasteiger partial charge in [-0.25, -0.2) is 0 Å². The number of ether oxygens (including phenoxy) is 2. The summed E-state index contributed by atoms with van der Waals surface area (Å²) in [5, 5.41) is 2.91. The standard InChI is InChI=1S/C22H30N2O3.ClH/c1-16(2)12-13-27-19-11-10-17(14-20(19)26-4)15-24-21(25)22(3,23)18-8-6-5-7-9-18;/h5-11,14,16H,12-13,15,23H2,1-4H3,(H,24,25);1H. The van der Waals surface area contributed by atoms with Crippen molar-refractivity contribution in [3.63, 3.8) is 0 Å². The van der Waals surface area contributed by atoms with Crippen LogP contribution in [0.25, 0.3) is 0 Å². The Bertz CT molecular complexity index is 749. The van der Waals surface area contributed by atoms with Crippen molar-refractivity contribution in [1.29, 1.82) is 0 Å². The predicted octanol–water partition coefficient (Wildman–Crippen LogP) is 4.03. The minimum atomic E-state index is -1.09. The van der Waals surface area contributed by atoms with Gasteiger partial charge in [-0.05, 0) is 42.5 Å². The number of nitrogens with one attached hydrogen (secondary N) is 1. The number of rotatable bonds is 9. The number of halogens is 1. The van der Waals surface area contributed by atoms with Gasteiger partial charge in [0, 0.05) is 6.54 Å². The smallest absolute Gasteiger partial charge is 0.244 e. The van der Waals surface area contributed by atoms with Gasteiger partial charge in [-0.3, -0.25) is 4.79 Å². The van der Waals surface area contributed by atoms with Crippen LogP contribution in [0.2, 0.25) is 0 Å². The van der Waals surface area contributed by atoms with Gasteiger partial charge in [0.15, 0.2) is 11.5 Å². The van der Waals surface area contributed by atoms with E-state index in [1.165, 1.54) is 0 Å². The van der Waals surface area contributed by atoms with Crippen LogP contribution in [0.3, 0.4) is 0 Å². The summed E-state index contributed by atoms with van der Waals surface area (Å²) in [5.74, 6) is 1.72.